The number of aromatic hydroxyl groups is 1. The van der Waals surface area contributed by atoms with E-state index in [1.54, 1.807) is 0 Å². The van der Waals surface area contributed by atoms with Crippen LogP contribution in [0.15, 0.2) is 47.4 Å². The van der Waals surface area contributed by atoms with Gasteiger partial charge in [0, 0.05) is 18.7 Å². The number of benzene rings is 2. The number of nitrogens with zero attached hydrogens (tertiary/aromatic N) is 1. The van der Waals surface area contributed by atoms with E-state index in [9.17, 15) is 23.1 Å². The molecule has 0 unspecified atom stereocenters. The van der Waals surface area contributed by atoms with Crippen LogP contribution in [0.4, 0.5) is 5.69 Å². The summed E-state index contributed by atoms with van der Waals surface area (Å²) in [6, 6.07) is 9.74. The number of anilines is 1. The summed E-state index contributed by atoms with van der Waals surface area (Å²) in [5, 5.41) is 12.7. The second-order valence-electron chi connectivity index (χ2n) is 6.19. The van der Waals surface area contributed by atoms with E-state index in [2.05, 4.69) is 10.1 Å². The fraction of sp³-hybridized carbons (Fsp3) is 0.263. The van der Waals surface area contributed by atoms with Crippen LogP contribution in [0.1, 0.15) is 20.7 Å². The van der Waals surface area contributed by atoms with E-state index < -0.39 is 27.6 Å². The maximum Gasteiger partial charge on any atom is 0.341 e. The highest BCUT2D eigenvalue weighted by Gasteiger charge is 2.26. The molecule has 1 saturated heterocycles. The number of esters is 1. The maximum atomic E-state index is 12.6. The Morgan fingerprint density at radius 1 is 1.10 bits per heavy atom. The second kappa shape index (κ2) is 8.60. The Kier molecular flexibility index (Phi) is 6.16. The molecule has 29 heavy (non-hydrogen) atoms. The van der Waals surface area contributed by atoms with Gasteiger partial charge in [0.2, 0.25) is 10.0 Å². The van der Waals surface area contributed by atoms with Gasteiger partial charge >= 0.3 is 5.97 Å². The lowest BCUT2D eigenvalue weighted by Gasteiger charge is -2.26. The molecule has 3 rings (SSSR count). The monoisotopic (exact) mass is 420 g/mol. The highest BCUT2D eigenvalue weighted by molar-refractivity contribution is 7.89. The highest BCUT2D eigenvalue weighted by atomic mass is 32.2. The molecular formula is C19H20N2O7S. The predicted octanol–water partition coefficient (Wildman–Crippen LogP) is 1.45. The van der Waals surface area contributed by atoms with Gasteiger partial charge in [0.05, 0.1) is 30.9 Å². The van der Waals surface area contributed by atoms with Crippen LogP contribution in [0.2, 0.25) is 0 Å². The Morgan fingerprint density at radius 2 is 1.76 bits per heavy atom. The Morgan fingerprint density at radius 3 is 2.38 bits per heavy atom. The van der Waals surface area contributed by atoms with E-state index in [1.807, 2.05) is 0 Å². The number of carbonyl (C=O) groups is 2. The van der Waals surface area contributed by atoms with Gasteiger partial charge < -0.3 is 19.9 Å². The summed E-state index contributed by atoms with van der Waals surface area (Å²) in [5.74, 6) is -1.73. The molecule has 0 saturated carbocycles. The lowest BCUT2D eigenvalue weighted by atomic mass is 10.1. The predicted molar refractivity (Wildman–Crippen MR) is 103 cm³/mol. The van der Waals surface area contributed by atoms with Gasteiger partial charge in [-0.05, 0) is 36.4 Å². The van der Waals surface area contributed by atoms with Crippen molar-refractivity contribution in [3.8, 4) is 5.75 Å². The Bertz CT molecular complexity index is 1010. The van der Waals surface area contributed by atoms with E-state index >= 15 is 0 Å². The van der Waals surface area contributed by atoms with Crippen molar-refractivity contribution >= 4 is 27.6 Å². The molecule has 1 fully saturated rings. The number of ether oxygens (including phenoxy) is 2. The van der Waals surface area contributed by atoms with Crippen LogP contribution in [0, 0.1) is 0 Å². The molecule has 10 heteroatoms. The summed E-state index contributed by atoms with van der Waals surface area (Å²) in [4.78, 5) is 24.2. The first-order valence-corrected chi connectivity index (χ1v) is 10.2. The first kappa shape index (κ1) is 20.8. The number of rotatable bonds is 5. The highest BCUT2D eigenvalue weighted by Crippen LogP contribution is 2.28. The zero-order valence-corrected chi connectivity index (χ0v) is 16.4. The maximum absolute atomic E-state index is 12.6. The Labute approximate surface area is 167 Å². The number of sulfonamides is 1. The van der Waals surface area contributed by atoms with Crippen molar-refractivity contribution in [2.24, 2.45) is 0 Å². The standard InChI is InChI=1S/C19H20N2O7S/c1-27-19(24)15-3-2-4-16(17(15)22)20-18(23)13-5-7-14(8-6-13)29(25,26)21-9-11-28-12-10-21/h2-8,22H,9-12H2,1H3,(H,20,23). The molecule has 0 spiro atoms. The van der Waals surface area contributed by atoms with Gasteiger partial charge in [0.25, 0.3) is 5.91 Å². The molecule has 1 aliphatic rings. The zero-order valence-electron chi connectivity index (χ0n) is 15.6. The number of phenolic OH excluding ortho intramolecular Hbond substituents is 1. The van der Waals surface area contributed by atoms with Crippen molar-refractivity contribution < 1.29 is 32.6 Å². The first-order chi connectivity index (χ1) is 13.8. The molecule has 154 valence electrons. The molecule has 2 aromatic rings. The van der Waals surface area contributed by atoms with E-state index in [0.717, 1.165) is 0 Å². The molecule has 9 nitrogen and oxygen atoms in total. The van der Waals surface area contributed by atoms with Crippen LogP contribution in [-0.4, -0.2) is 63.1 Å². The summed E-state index contributed by atoms with van der Waals surface area (Å²) < 4.78 is 36.3. The average Bonchev–Trinajstić information content (AvgIpc) is 2.75. The molecule has 0 bridgehead atoms. The average molecular weight is 420 g/mol. The number of nitrogens with one attached hydrogen (secondary N) is 1. The number of hydrogen-bond donors (Lipinski definition) is 2. The molecule has 0 radical (unpaired) electrons. The van der Waals surface area contributed by atoms with Crippen LogP contribution < -0.4 is 5.32 Å². The number of carbonyl (C=O) groups excluding carboxylic acids is 2. The third-order valence-electron chi connectivity index (χ3n) is 4.41. The van der Waals surface area contributed by atoms with Gasteiger partial charge in [-0.1, -0.05) is 6.07 Å². The van der Waals surface area contributed by atoms with Crippen LogP contribution in [0.25, 0.3) is 0 Å². The summed E-state index contributed by atoms with van der Waals surface area (Å²) in [6.45, 7) is 1.24. The Balaban J connectivity index is 1.77. The minimum Gasteiger partial charge on any atom is -0.505 e. The zero-order chi connectivity index (χ0) is 21.0. The summed E-state index contributed by atoms with van der Waals surface area (Å²) >= 11 is 0. The topological polar surface area (TPSA) is 122 Å². The van der Waals surface area contributed by atoms with Crippen LogP contribution >= 0.6 is 0 Å². The summed E-state index contributed by atoms with van der Waals surface area (Å²) in [6.07, 6.45) is 0. The first-order valence-electron chi connectivity index (χ1n) is 8.74. The summed E-state index contributed by atoms with van der Waals surface area (Å²) in [7, 11) is -2.48. The minimum absolute atomic E-state index is 0.0305. The number of hydrogen-bond acceptors (Lipinski definition) is 7. The van der Waals surface area contributed by atoms with Crippen LogP contribution in [0.3, 0.4) is 0 Å². The third-order valence-corrected chi connectivity index (χ3v) is 6.33. The van der Waals surface area contributed by atoms with Crippen molar-refractivity contribution in [1.82, 2.24) is 4.31 Å². The van der Waals surface area contributed by atoms with Gasteiger partial charge in [0.1, 0.15) is 5.56 Å². The number of para-hydroxylation sites is 1. The van der Waals surface area contributed by atoms with Crippen molar-refractivity contribution in [1.29, 1.82) is 0 Å². The van der Waals surface area contributed by atoms with E-state index in [4.69, 9.17) is 4.74 Å². The van der Waals surface area contributed by atoms with E-state index in [-0.39, 0.29) is 34.8 Å². The number of morpholine rings is 1. The van der Waals surface area contributed by atoms with Crippen LogP contribution in [0.5, 0.6) is 5.75 Å². The van der Waals surface area contributed by atoms with Crippen molar-refractivity contribution in [2.75, 3.05) is 38.7 Å². The number of amides is 1. The van der Waals surface area contributed by atoms with Gasteiger partial charge in [-0.15, -0.1) is 0 Å². The van der Waals surface area contributed by atoms with Gasteiger partial charge in [-0.3, -0.25) is 4.79 Å². The number of methoxy groups -OCH3 is 1. The van der Waals surface area contributed by atoms with E-state index in [0.29, 0.717) is 13.2 Å². The van der Waals surface area contributed by atoms with Crippen molar-refractivity contribution in [2.45, 2.75) is 4.90 Å². The molecule has 1 aliphatic heterocycles. The molecule has 0 aromatic heterocycles. The van der Waals surface area contributed by atoms with E-state index in [1.165, 1.54) is 53.9 Å². The quantitative estimate of drug-likeness (QED) is 0.554. The van der Waals surface area contributed by atoms with Gasteiger partial charge in [0.15, 0.2) is 5.75 Å². The smallest absolute Gasteiger partial charge is 0.341 e. The van der Waals surface area contributed by atoms with Crippen molar-refractivity contribution in [3.63, 3.8) is 0 Å². The number of phenols is 1. The lowest BCUT2D eigenvalue weighted by Crippen LogP contribution is -2.40. The lowest BCUT2D eigenvalue weighted by molar-refractivity contribution is 0.0597. The SMILES string of the molecule is COC(=O)c1cccc(NC(=O)c2ccc(S(=O)(=O)N3CCOCC3)cc2)c1O. The molecule has 1 amide bonds. The molecular weight excluding hydrogens is 400 g/mol. The van der Waals surface area contributed by atoms with Gasteiger partial charge in [-0.25, -0.2) is 13.2 Å². The molecule has 0 atom stereocenters. The minimum atomic E-state index is -3.66. The van der Waals surface area contributed by atoms with Crippen molar-refractivity contribution in [3.05, 3.63) is 53.6 Å². The Hall–Kier alpha value is -2.95. The van der Waals surface area contributed by atoms with Crippen LogP contribution in [-0.2, 0) is 19.5 Å². The van der Waals surface area contributed by atoms with Gasteiger partial charge in [-0.2, -0.15) is 4.31 Å². The molecule has 2 aromatic carbocycles. The normalized spacial score (nSPS) is 14.9. The summed E-state index contributed by atoms with van der Waals surface area (Å²) in [5.41, 5.74) is 0.133. The largest absolute Gasteiger partial charge is 0.505 e. The fourth-order valence-corrected chi connectivity index (χ4v) is 4.24. The molecule has 1 heterocycles. The fourth-order valence-electron chi connectivity index (χ4n) is 2.83. The molecule has 0 aliphatic carbocycles. The third kappa shape index (κ3) is 4.39. The second-order valence-corrected chi connectivity index (χ2v) is 8.13. The molecule has 2 N–H and O–H groups in total.